The van der Waals surface area contributed by atoms with E-state index in [1.807, 2.05) is 37.3 Å². The van der Waals surface area contributed by atoms with Crippen LogP contribution in [0.2, 0.25) is 0 Å². The van der Waals surface area contributed by atoms with E-state index in [1.165, 1.54) is 5.56 Å². The smallest absolute Gasteiger partial charge is 0.343 e. The van der Waals surface area contributed by atoms with E-state index in [0.717, 1.165) is 12.0 Å². The molecule has 0 aliphatic rings. The van der Waals surface area contributed by atoms with Crippen LogP contribution in [-0.4, -0.2) is 5.97 Å². The van der Waals surface area contributed by atoms with E-state index < -0.39 is 0 Å². The van der Waals surface area contributed by atoms with E-state index in [1.54, 1.807) is 6.07 Å². The van der Waals surface area contributed by atoms with Crippen molar-refractivity contribution in [3.63, 3.8) is 0 Å². The van der Waals surface area contributed by atoms with Gasteiger partial charge in [-0.1, -0.05) is 71.9 Å². The Labute approximate surface area is 158 Å². The molecular formula is C24H32O2. The number of hydrogen-bond donors (Lipinski definition) is 0. The van der Waals surface area contributed by atoms with Crippen LogP contribution in [0, 0.1) is 17.8 Å². The fourth-order valence-electron chi connectivity index (χ4n) is 3.27. The molecule has 0 amide bonds. The summed E-state index contributed by atoms with van der Waals surface area (Å²) in [6.07, 6.45) is 1.11. The van der Waals surface area contributed by atoms with Crippen LogP contribution in [0.4, 0.5) is 0 Å². The molecule has 0 aliphatic heterocycles. The highest BCUT2D eigenvalue weighted by Crippen LogP contribution is 2.43. The normalized spacial score (nSPS) is 13.3. The van der Waals surface area contributed by atoms with E-state index in [2.05, 4.69) is 53.7 Å². The highest BCUT2D eigenvalue weighted by Gasteiger charge is 2.30. The van der Waals surface area contributed by atoms with Crippen LogP contribution in [0.1, 0.15) is 75.4 Å². The molecular weight excluding hydrogens is 320 g/mol. The van der Waals surface area contributed by atoms with Crippen LogP contribution in [0.15, 0.2) is 48.5 Å². The summed E-state index contributed by atoms with van der Waals surface area (Å²) in [4.78, 5) is 12.4. The summed E-state index contributed by atoms with van der Waals surface area (Å²) < 4.78 is 5.56. The fourth-order valence-corrected chi connectivity index (χ4v) is 3.27. The quantitative estimate of drug-likeness (QED) is 0.448. The Hall–Kier alpha value is -2.09. The highest BCUT2D eigenvalue weighted by molar-refractivity contribution is 5.92. The first-order valence-corrected chi connectivity index (χ1v) is 9.35. The summed E-state index contributed by atoms with van der Waals surface area (Å²) in [7, 11) is 0. The van der Waals surface area contributed by atoms with Crippen LogP contribution in [0.25, 0.3) is 0 Å². The monoisotopic (exact) mass is 352 g/mol. The molecule has 0 saturated carbocycles. The number of benzene rings is 2. The second-order valence-electron chi connectivity index (χ2n) is 9.46. The Balaban J connectivity index is 2.18. The van der Waals surface area contributed by atoms with Gasteiger partial charge < -0.3 is 4.74 Å². The topological polar surface area (TPSA) is 26.3 Å². The third-order valence-corrected chi connectivity index (χ3v) is 4.72. The van der Waals surface area contributed by atoms with Crippen molar-refractivity contribution >= 4 is 5.97 Å². The van der Waals surface area contributed by atoms with Crippen molar-refractivity contribution in [3.8, 4) is 5.75 Å². The first kappa shape index (κ1) is 20.2. The average molecular weight is 353 g/mol. The van der Waals surface area contributed by atoms with Gasteiger partial charge in [0.05, 0.1) is 5.56 Å². The molecule has 1 atom stereocenters. The van der Waals surface area contributed by atoms with Crippen LogP contribution < -0.4 is 4.74 Å². The van der Waals surface area contributed by atoms with Crippen molar-refractivity contribution in [2.45, 2.75) is 60.8 Å². The van der Waals surface area contributed by atoms with Crippen molar-refractivity contribution in [1.29, 1.82) is 0 Å². The summed E-state index contributed by atoms with van der Waals surface area (Å²) in [5.74, 6) is 0.729. The van der Waals surface area contributed by atoms with Gasteiger partial charge in [0, 0.05) is 0 Å². The average Bonchev–Trinajstić information content (AvgIpc) is 2.52. The van der Waals surface area contributed by atoms with Gasteiger partial charge in [-0.3, -0.25) is 0 Å². The molecule has 1 unspecified atom stereocenters. The van der Waals surface area contributed by atoms with Crippen molar-refractivity contribution in [2.24, 2.45) is 10.8 Å². The SMILES string of the molecule is Cc1ccccc1C(=O)Oc1ccc(C(CC(C)(C)C)C(C)(C)C)cc1. The van der Waals surface area contributed by atoms with Gasteiger partial charge in [-0.25, -0.2) is 4.79 Å². The molecule has 0 heterocycles. The Bertz CT molecular complexity index is 743. The molecule has 2 aromatic carbocycles. The number of ether oxygens (including phenoxy) is 1. The van der Waals surface area contributed by atoms with Gasteiger partial charge in [-0.15, -0.1) is 0 Å². The molecule has 0 radical (unpaired) electrons. The summed E-state index contributed by atoms with van der Waals surface area (Å²) in [5.41, 5.74) is 3.26. The number of aryl methyl sites for hydroxylation is 1. The molecule has 2 aromatic rings. The molecule has 2 rings (SSSR count). The maximum Gasteiger partial charge on any atom is 0.343 e. The molecule has 0 N–H and O–H groups in total. The Morgan fingerprint density at radius 3 is 2.00 bits per heavy atom. The molecule has 0 spiro atoms. The van der Waals surface area contributed by atoms with Crippen molar-refractivity contribution < 1.29 is 9.53 Å². The second-order valence-corrected chi connectivity index (χ2v) is 9.46. The number of carbonyl (C=O) groups excluding carboxylic acids is 1. The lowest BCUT2D eigenvalue weighted by molar-refractivity contribution is 0.0734. The zero-order valence-electron chi connectivity index (χ0n) is 17.2. The van der Waals surface area contributed by atoms with E-state index in [9.17, 15) is 4.79 Å². The van der Waals surface area contributed by atoms with Gasteiger partial charge in [-0.2, -0.15) is 0 Å². The van der Waals surface area contributed by atoms with Gasteiger partial charge in [0.2, 0.25) is 0 Å². The largest absolute Gasteiger partial charge is 0.423 e. The van der Waals surface area contributed by atoms with Gasteiger partial charge in [-0.05, 0) is 59.4 Å². The number of carbonyl (C=O) groups is 1. The molecule has 2 heteroatoms. The minimum Gasteiger partial charge on any atom is -0.423 e. The molecule has 2 nitrogen and oxygen atoms in total. The zero-order valence-corrected chi connectivity index (χ0v) is 17.2. The summed E-state index contributed by atoms with van der Waals surface area (Å²) in [5, 5.41) is 0. The van der Waals surface area contributed by atoms with Gasteiger partial charge in [0.15, 0.2) is 0 Å². The fraction of sp³-hybridized carbons (Fsp3) is 0.458. The van der Waals surface area contributed by atoms with Crippen LogP contribution >= 0.6 is 0 Å². The minimum atomic E-state index is -0.307. The van der Waals surface area contributed by atoms with Crippen molar-refractivity contribution in [2.75, 3.05) is 0 Å². The van der Waals surface area contributed by atoms with E-state index in [-0.39, 0.29) is 16.8 Å². The Morgan fingerprint density at radius 2 is 1.50 bits per heavy atom. The van der Waals surface area contributed by atoms with Gasteiger partial charge in [0.1, 0.15) is 5.75 Å². The van der Waals surface area contributed by atoms with E-state index >= 15 is 0 Å². The zero-order chi connectivity index (χ0) is 19.5. The predicted octanol–water partition coefficient (Wildman–Crippen LogP) is 6.78. The van der Waals surface area contributed by atoms with Crippen LogP contribution in [-0.2, 0) is 0 Å². The maximum atomic E-state index is 12.4. The first-order valence-electron chi connectivity index (χ1n) is 9.35. The summed E-state index contributed by atoms with van der Waals surface area (Å²) in [6.45, 7) is 15.6. The second kappa shape index (κ2) is 7.65. The molecule has 0 aromatic heterocycles. The lowest BCUT2D eigenvalue weighted by atomic mass is 9.69. The molecule has 0 saturated heterocycles. The lowest BCUT2D eigenvalue weighted by Gasteiger charge is -2.36. The molecule has 0 fully saturated rings. The van der Waals surface area contributed by atoms with E-state index in [4.69, 9.17) is 4.74 Å². The Kier molecular flexibility index (Phi) is 5.95. The third kappa shape index (κ3) is 5.45. The molecule has 140 valence electrons. The summed E-state index contributed by atoms with van der Waals surface area (Å²) >= 11 is 0. The van der Waals surface area contributed by atoms with Crippen LogP contribution in [0.5, 0.6) is 5.75 Å². The summed E-state index contributed by atoms with van der Waals surface area (Å²) in [6, 6.07) is 15.5. The minimum absolute atomic E-state index is 0.173. The van der Waals surface area contributed by atoms with Gasteiger partial charge in [0.25, 0.3) is 0 Å². The molecule has 0 aliphatic carbocycles. The third-order valence-electron chi connectivity index (χ3n) is 4.72. The number of hydrogen-bond acceptors (Lipinski definition) is 2. The highest BCUT2D eigenvalue weighted by atomic mass is 16.5. The maximum absolute atomic E-state index is 12.4. The molecule has 0 bridgehead atoms. The predicted molar refractivity (Wildman–Crippen MR) is 109 cm³/mol. The molecule has 26 heavy (non-hydrogen) atoms. The van der Waals surface area contributed by atoms with Crippen molar-refractivity contribution in [1.82, 2.24) is 0 Å². The van der Waals surface area contributed by atoms with E-state index in [0.29, 0.717) is 17.2 Å². The number of esters is 1. The van der Waals surface area contributed by atoms with Gasteiger partial charge >= 0.3 is 5.97 Å². The lowest BCUT2D eigenvalue weighted by Crippen LogP contribution is -2.23. The standard InChI is InChI=1S/C24H32O2/c1-17-10-8-9-11-20(17)22(25)26-19-14-12-18(13-15-19)21(24(5,6)7)16-23(2,3)4/h8-15,21H,16H2,1-7H3. The number of rotatable bonds is 4. The Morgan fingerprint density at radius 1 is 0.923 bits per heavy atom. The van der Waals surface area contributed by atoms with Crippen LogP contribution in [0.3, 0.4) is 0 Å². The first-order chi connectivity index (χ1) is 12.0. The van der Waals surface area contributed by atoms with Crippen molar-refractivity contribution in [3.05, 3.63) is 65.2 Å².